The molecular formula is C14H17FO2Si. The maximum absolute atomic E-state index is 13.5. The van der Waals surface area contributed by atoms with Gasteiger partial charge in [0.05, 0.1) is 0 Å². The van der Waals surface area contributed by atoms with Gasteiger partial charge in [-0.15, -0.1) is 0 Å². The van der Waals surface area contributed by atoms with Crippen LogP contribution in [-0.4, -0.2) is 14.6 Å². The quantitative estimate of drug-likeness (QED) is 0.617. The molecule has 0 unspecified atom stereocenters. The van der Waals surface area contributed by atoms with Crippen LogP contribution in [0.25, 0.3) is 5.76 Å². The molecule has 0 bridgehead atoms. The van der Waals surface area contributed by atoms with Gasteiger partial charge in [-0.25, -0.2) is 4.39 Å². The second kappa shape index (κ2) is 4.35. The molecule has 0 amide bonds. The van der Waals surface area contributed by atoms with E-state index in [0.29, 0.717) is 23.3 Å². The van der Waals surface area contributed by atoms with E-state index in [2.05, 4.69) is 19.6 Å². The summed E-state index contributed by atoms with van der Waals surface area (Å²) in [6.45, 7) is 7.92. The van der Waals surface area contributed by atoms with Crippen molar-refractivity contribution in [2.45, 2.75) is 33.0 Å². The van der Waals surface area contributed by atoms with Gasteiger partial charge in [0.25, 0.3) is 0 Å². The van der Waals surface area contributed by atoms with Gasteiger partial charge in [-0.3, -0.25) is 4.79 Å². The van der Waals surface area contributed by atoms with Crippen LogP contribution in [0.3, 0.4) is 0 Å². The molecule has 0 saturated heterocycles. The van der Waals surface area contributed by atoms with E-state index in [-0.39, 0.29) is 5.82 Å². The number of allylic oxidation sites excluding steroid dienone is 1. The van der Waals surface area contributed by atoms with Crippen LogP contribution in [0.4, 0.5) is 4.39 Å². The van der Waals surface area contributed by atoms with Crippen molar-refractivity contribution in [2.24, 2.45) is 0 Å². The summed E-state index contributed by atoms with van der Waals surface area (Å²) in [6, 6.07) is 3.28. The molecule has 0 saturated carbocycles. The first kappa shape index (κ1) is 13.0. The summed E-state index contributed by atoms with van der Waals surface area (Å²) < 4.78 is 19.5. The number of carbonyl (C=O) groups is 1. The van der Waals surface area contributed by atoms with Crippen molar-refractivity contribution in [1.29, 1.82) is 0 Å². The van der Waals surface area contributed by atoms with Crippen LogP contribution in [0.2, 0.25) is 19.6 Å². The van der Waals surface area contributed by atoms with Crippen LogP contribution < -0.4 is 0 Å². The van der Waals surface area contributed by atoms with Gasteiger partial charge in [-0.2, -0.15) is 0 Å². The van der Waals surface area contributed by atoms with Gasteiger partial charge in [0.15, 0.2) is 0 Å². The molecule has 18 heavy (non-hydrogen) atoms. The highest BCUT2D eigenvalue weighted by molar-refractivity contribution is 6.70. The first-order valence-corrected chi connectivity index (χ1v) is 9.39. The maximum atomic E-state index is 13.5. The smallest absolute Gasteiger partial charge is 0.242 e. The third-order valence-corrected chi connectivity index (χ3v) is 3.67. The molecule has 0 heterocycles. The van der Waals surface area contributed by atoms with E-state index >= 15 is 0 Å². The third-order valence-electron chi connectivity index (χ3n) is 2.85. The Balaban J connectivity index is 2.51. The molecule has 2 nitrogen and oxygen atoms in total. The molecule has 1 aromatic carbocycles. The van der Waals surface area contributed by atoms with Gasteiger partial charge in [0.2, 0.25) is 8.32 Å². The van der Waals surface area contributed by atoms with Crippen molar-refractivity contribution in [1.82, 2.24) is 0 Å². The molecule has 1 aliphatic carbocycles. The Hall–Kier alpha value is -1.42. The highest BCUT2D eigenvalue weighted by Gasteiger charge is 2.28. The number of hydrogen-bond donors (Lipinski definition) is 0. The molecule has 0 atom stereocenters. The first-order valence-electron chi connectivity index (χ1n) is 5.98. The third kappa shape index (κ3) is 2.38. The predicted octanol–water partition coefficient (Wildman–Crippen LogP) is 3.45. The Morgan fingerprint density at radius 2 is 2.00 bits per heavy atom. The number of fused-ring (bicyclic) bond motifs is 1. The predicted molar refractivity (Wildman–Crippen MR) is 72.3 cm³/mol. The van der Waals surface area contributed by atoms with Crippen molar-refractivity contribution in [2.75, 3.05) is 0 Å². The Kier molecular flexibility index (Phi) is 3.15. The number of carbonyl (C=O) groups excluding carboxylic acids is 1. The molecule has 1 aromatic rings. The molecule has 2 rings (SSSR count). The number of aryl methyl sites for hydroxylation is 1. The van der Waals surface area contributed by atoms with E-state index in [9.17, 15) is 9.18 Å². The van der Waals surface area contributed by atoms with Gasteiger partial charge in [-0.1, -0.05) is 0 Å². The molecule has 96 valence electrons. The molecule has 0 aromatic heterocycles. The van der Waals surface area contributed by atoms with Crippen LogP contribution >= 0.6 is 0 Å². The standard InChI is InChI=1S/C14H17FO2Si/c1-9-5-12-10(7-13(9)15)6-11(8-16)14(12)17-18(2,3)4/h5,7-8H,6H2,1-4H3. The van der Waals surface area contributed by atoms with E-state index in [1.165, 1.54) is 6.07 Å². The normalized spacial score (nSPS) is 14.7. The lowest BCUT2D eigenvalue weighted by Crippen LogP contribution is -2.24. The van der Waals surface area contributed by atoms with Crippen LogP contribution in [0.5, 0.6) is 0 Å². The van der Waals surface area contributed by atoms with Crippen molar-refractivity contribution < 1.29 is 13.6 Å². The zero-order valence-electron chi connectivity index (χ0n) is 11.1. The molecule has 0 fully saturated rings. The summed E-state index contributed by atoms with van der Waals surface area (Å²) in [5.41, 5.74) is 2.92. The van der Waals surface area contributed by atoms with Gasteiger partial charge in [-0.05, 0) is 49.8 Å². The second-order valence-electron chi connectivity index (χ2n) is 5.62. The highest BCUT2D eigenvalue weighted by atomic mass is 28.4. The second-order valence-corrected chi connectivity index (χ2v) is 10.1. The summed E-state index contributed by atoms with van der Waals surface area (Å²) >= 11 is 0. The van der Waals surface area contributed by atoms with Crippen LogP contribution in [0.15, 0.2) is 17.7 Å². The number of aldehydes is 1. The van der Waals surface area contributed by atoms with Crippen LogP contribution in [0.1, 0.15) is 16.7 Å². The van der Waals surface area contributed by atoms with E-state index < -0.39 is 8.32 Å². The molecular weight excluding hydrogens is 247 g/mol. The monoisotopic (exact) mass is 264 g/mol. The Labute approximate surface area is 108 Å². The lowest BCUT2D eigenvalue weighted by Gasteiger charge is -2.21. The topological polar surface area (TPSA) is 26.3 Å². The SMILES string of the molecule is Cc1cc2c(cc1F)CC(C=O)=C2O[Si](C)(C)C. The summed E-state index contributed by atoms with van der Waals surface area (Å²) in [5.74, 6) is 0.426. The molecule has 0 aliphatic heterocycles. The maximum Gasteiger partial charge on any atom is 0.242 e. The number of benzene rings is 1. The van der Waals surface area contributed by atoms with Crippen molar-refractivity contribution >= 4 is 20.4 Å². The minimum absolute atomic E-state index is 0.228. The lowest BCUT2D eigenvalue weighted by molar-refractivity contribution is -0.104. The fourth-order valence-electron chi connectivity index (χ4n) is 2.06. The molecule has 0 radical (unpaired) electrons. The molecule has 1 aliphatic rings. The van der Waals surface area contributed by atoms with E-state index in [1.807, 2.05) is 0 Å². The number of hydrogen-bond acceptors (Lipinski definition) is 2. The fourth-order valence-corrected chi connectivity index (χ4v) is 2.91. The summed E-state index contributed by atoms with van der Waals surface area (Å²) in [5, 5.41) is 0. The summed E-state index contributed by atoms with van der Waals surface area (Å²) in [4.78, 5) is 11.1. The van der Waals surface area contributed by atoms with Crippen molar-refractivity contribution in [3.05, 3.63) is 40.2 Å². The first-order chi connectivity index (χ1) is 8.31. The van der Waals surface area contributed by atoms with E-state index in [0.717, 1.165) is 17.4 Å². The van der Waals surface area contributed by atoms with Crippen molar-refractivity contribution in [3.63, 3.8) is 0 Å². The Morgan fingerprint density at radius 3 is 2.56 bits per heavy atom. The lowest BCUT2D eigenvalue weighted by atomic mass is 10.1. The fraction of sp³-hybridized carbons (Fsp3) is 0.357. The van der Waals surface area contributed by atoms with E-state index in [1.54, 1.807) is 13.0 Å². The minimum atomic E-state index is -1.79. The zero-order chi connectivity index (χ0) is 13.5. The molecule has 0 N–H and O–H groups in total. The molecule has 4 heteroatoms. The highest BCUT2D eigenvalue weighted by Crippen LogP contribution is 2.36. The average molecular weight is 264 g/mol. The van der Waals surface area contributed by atoms with Gasteiger partial charge in [0.1, 0.15) is 17.9 Å². The number of halogens is 1. The Morgan fingerprint density at radius 1 is 1.33 bits per heavy atom. The summed E-state index contributed by atoms with van der Waals surface area (Å²) in [6.07, 6.45) is 1.29. The largest absolute Gasteiger partial charge is 0.544 e. The molecule has 0 spiro atoms. The number of rotatable bonds is 3. The Bertz CT molecular complexity index is 541. The van der Waals surface area contributed by atoms with Gasteiger partial charge in [0, 0.05) is 17.6 Å². The average Bonchev–Trinajstić information content (AvgIpc) is 2.55. The summed E-state index contributed by atoms with van der Waals surface area (Å²) in [7, 11) is -1.79. The van der Waals surface area contributed by atoms with E-state index in [4.69, 9.17) is 4.43 Å². The minimum Gasteiger partial charge on any atom is -0.544 e. The van der Waals surface area contributed by atoms with Crippen LogP contribution in [-0.2, 0) is 15.6 Å². The van der Waals surface area contributed by atoms with Crippen molar-refractivity contribution in [3.8, 4) is 0 Å². The van der Waals surface area contributed by atoms with Gasteiger partial charge >= 0.3 is 0 Å². The van der Waals surface area contributed by atoms with Crippen LogP contribution in [0, 0.1) is 12.7 Å². The zero-order valence-corrected chi connectivity index (χ0v) is 12.1. The van der Waals surface area contributed by atoms with Gasteiger partial charge < -0.3 is 4.43 Å².